The summed E-state index contributed by atoms with van der Waals surface area (Å²) in [6, 6.07) is 14.2. The molecule has 101 heavy (non-hydrogen) atoms. The lowest BCUT2D eigenvalue weighted by Gasteiger charge is -2.26. The molecule has 4 aromatic carbocycles. The van der Waals surface area contributed by atoms with Crippen LogP contribution < -0.4 is 60.6 Å². The van der Waals surface area contributed by atoms with Gasteiger partial charge in [0.2, 0.25) is 23.6 Å². The minimum atomic E-state index is -0.999. The fraction of sp³-hybridized carbons (Fsp3) is 0.431. The Morgan fingerprint density at radius 3 is 1.32 bits per heavy atom. The molecule has 2 fully saturated rings. The van der Waals surface area contributed by atoms with E-state index in [0.717, 1.165) is 5.57 Å². The molecule has 0 aliphatic carbocycles. The SMILES string of the molecule is C=CCOC(=O)N[C@H](C(=O)N[C@@H](C)C(=O)Nc1ccc(COC(=O)N2C[C@@H]3CC(=C)CN3C(=O)c3cc(OC)c(OCCCCCOc4cc5c(cc4OC)C(=O)N4CC(=O)C[C@H]4CN5C(=O)OCc4ccc(NC(=O)[C@H](C)NC(=O)[C@@H](NC(=O)OCC=C)C(C)C)cc4)cc32)cc1)C(C)C. The summed E-state index contributed by atoms with van der Waals surface area (Å²) >= 11 is 0. The number of fused-ring (bicyclic) bond motifs is 4. The average molecular weight is 1400 g/mol. The van der Waals surface area contributed by atoms with Crippen LogP contribution in [0.15, 0.2) is 110 Å². The van der Waals surface area contributed by atoms with Crippen LogP contribution in [0.1, 0.15) is 105 Å². The highest BCUT2D eigenvalue weighted by Crippen LogP contribution is 2.42. The minimum Gasteiger partial charge on any atom is -0.493 e. The standard InChI is InChI=1S/C72H88N10O19/c1-12-25-98-69(90)77-61(41(3)4)65(86)73-44(8)63(84)75-48-21-17-46(18-22-48)39-100-71(92)81-36-50-29-43(7)35-79(50)67(88)53-31-57(94-10)59(33-55(53)81)96-27-15-14-16-28-97-60-34-56-54(32-58(60)95-11)68(89)80-38-52(83)30-51(80)37-82(56)72(93)101-40-47-19-23-49(24-20-47)76-64(85)45(9)74-66(87)62(42(5)6)78-70(91)99-26-13-2/h12-13,17-24,31-34,41-42,44-45,50-51,61-62H,1-2,7,14-16,25-30,35-40H2,3-6,8-11H3,(H,73,86)(H,74,87)(H,75,84)(H,76,85)(H,77,90)(H,78,91)/t44-,45-,50-,51-,61-,62-/m0/s1. The number of alkyl carbamates (subject to hydrolysis) is 2. The van der Waals surface area contributed by atoms with E-state index in [1.165, 1.54) is 61.0 Å². The molecule has 8 rings (SSSR count). The first kappa shape index (κ1) is 75.6. The maximum atomic E-state index is 14.3. The highest BCUT2D eigenvalue weighted by atomic mass is 16.6. The van der Waals surface area contributed by atoms with Gasteiger partial charge in [-0.2, -0.15) is 0 Å². The molecule has 540 valence electrons. The van der Waals surface area contributed by atoms with Gasteiger partial charge in [0, 0.05) is 36.5 Å². The first-order chi connectivity index (χ1) is 48.3. The van der Waals surface area contributed by atoms with Crippen molar-refractivity contribution in [3.8, 4) is 23.0 Å². The number of Topliss-reactive ketones (excluding diaryl/α,β-unsaturated/α-hetero) is 1. The van der Waals surface area contributed by atoms with Gasteiger partial charge in [0.05, 0.1) is 81.7 Å². The number of anilines is 4. The molecule has 2 saturated heterocycles. The lowest BCUT2D eigenvalue weighted by molar-refractivity contribution is -0.128. The van der Waals surface area contributed by atoms with Crippen LogP contribution in [0, 0.1) is 11.8 Å². The summed E-state index contributed by atoms with van der Waals surface area (Å²) in [6.45, 7) is 21.1. The number of nitrogens with zero attached hydrogens (tertiary/aromatic N) is 4. The number of carbonyl (C=O) groups is 11. The van der Waals surface area contributed by atoms with Crippen molar-refractivity contribution in [3.63, 3.8) is 0 Å². The molecular weight excluding hydrogens is 1310 g/mol. The molecule has 29 heteroatoms. The molecular formula is C72H88N10O19. The summed E-state index contributed by atoms with van der Waals surface area (Å²) in [5.41, 5.74) is 3.48. The number of rotatable bonds is 30. The number of amides is 10. The van der Waals surface area contributed by atoms with Crippen molar-refractivity contribution >= 4 is 88.3 Å². The van der Waals surface area contributed by atoms with E-state index in [4.69, 9.17) is 37.9 Å². The zero-order valence-electron chi connectivity index (χ0n) is 58.0. The predicted molar refractivity (Wildman–Crippen MR) is 371 cm³/mol. The molecule has 6 N–H and O–H groups in total. The number of benzene rings is 4. The predicted octanol–water partition coefficient (Wildman–Crippen LogP) is 7.96. The van der Waals surface area contributed by atoms with Crippen molar-refractivity contribution in [2.75, 3.05) is 87.3 Å². The van der Waals surface area contributed by atoms with E-state index < -0.39 is 90.2 Å². The van der Waals surface area contributed by atoms with Gasteiger partial charge in [-0.15, -0.1) is 0 Å². The van der Waals surface area contributed by atoms with Gasteiger partial charge in [0.25, 0.3) is 11.8 Å². The van der Waals surface area contributed by atoms with Gasteiger partial charge in [-0.25, -0.2) is 19.2 Å². The third-order valence-corrected chi connectivity index (χ3v) is 17.1. The Morgan fingerprint density at radius 2 is 0.921 bits per heavy atom. The average Bonchev–Trinajstić information content (AvgIpc) is 1.67. The maximum absolute atomic E-state index is 14.3. The van der Waals surface area contributed by atoms with Gasteiger partial charge in [0.15, 0.2) is 28.8 Å². The molecule has 0 radical (unpaired) electrons. The van der Waals surface area contributed by atoms with Crippen LogP contribution in [0.4, 0.5) is 41.9 Å². The smallest absolute Gasteiger partial charge is 0.414 e. The summed E-state index contributed by atoms with van der Waals surface area (Å²) in [5.74, 6) is -2.84. The number of methoxy groups -OCH3 is 2. The fourth-order valence-electron chi connectivity index (χ4n) is 11.6. The second kappa shape index (κ2) is 35.1. The van der Waals surface area contributed by atoms with Crippen molar-refractivity contribution < 1.29 is 90.6 Å². The highest BCUT2D eigenvalue weighted by molar-refractivity contribution is 6.09. The van der Waals surface area contributed by atoms with Crippen LogP contribution in [-0.4, -0.2) is 178 Å². The van der Waals surface area contributed by atoms with E-state index in [1.807, 2.05) is 0 Å². The topological polar surface area (TPSA) is 347 Å². The van der Waals surface area contributed by atoms with Gasteiger partial charge < -0.3 is 79.6 Å². The fourth-order valence-corrected chi connectivity index (χ4v) is 11.6. The number of unbranched alkanes of at least 4 members (excludes halogenated alkanes) is 2. The second-order valence-corrected chi connectivity index (χ2v) is 25.3. The van der Waals surface area contributed by atoms with Crippen LogP contribution in [0.2, 0.25) is 0 Å². The molecule has 0 saturated carbocycles. The largest absolute Gasteiger partial charge is 0.493 e. The third kappa shape index (κ3) is 19.6. The first-order valence-corrected chi connectivity index (χ1v) is 33.2. The van der Waals surface area contributed by atoms with Crippen molar-refractivity contribution in [2.24, 2.45) is 11.8 Å². The van der Waals surface area contributed by atoms with Crippen molar-refractivity contribution in [1.29, 1.82) is 0 Å². The molecule has 4 aliphatic heterocycles. The third-order valence-electron chi connectivity index (χ3n) is 17.1. The number of hydrogen-bond acceptors (Lipinski definition) is 19. The molecule has 4 heterocycles. The molecule has 0 spiro atoms. The molecule has 4 aromatic rings. The highest BCUT2D eigenvalue weighted by Gasteiger charge is 2.44. The Hall–Kier alpha value is -11.1. The quantitative estimate of drug-likeness (QED) is 0.0164. The van der Waals surface area contributed by atoms with Crippen LogP contribution in [0.5, 0.6) is 23.0 Å². The summed E-state index contributed by atoms with van der Waals surface area (Å²) in [5, 5.41) is 15.7. The number of nitrogens with one attached hydrogen (secondary N) is 6. The summed E-state index contributed by atoms with van der Waals surface area (Å²) < 4.78 is 45.6. The first-order valence-electron chi connectivity index (χ1n) is 33.2. The van der Waals surface area contributed by atoms with Crippen molar-refractivity contribution in [2.45, 2.75) is 123 Å². The number of hydrogen-bond donors (Lipinski definition) is 6. The Balaban J connectivity index is 0.859. The Bertz CT molecular complexity index is 3540. The van der Waals surface area contributed by atoms with Crippen molar-refractivity contribution in [3.05, 3.63) is 133 Å². The number of ketones is 1. The zero-order valence-corrected chi connectivity index (χ0v) is 58.0. The minimum absolute atomic E-state index is 0.0305. The summed E-state index contributed by atoms with van der Waals surface area (Å²) in [4.78, 5) is 152. The van der Waals surface area contributed by atoms with E-state index >= 15 is 0 Å². The van der Waals surface area contributed by atoms with Crippen LogP contribution in [0.25, 0.3) is 0 Å². The van der Waals surface area contributed by atoms with Gasteiger partial charge >= 0.3 is 24.4 Å². The van der Waals surface area contributed by atoms with Gasteiger partial charge in [-0.1, -0.05) is 89.4 Å². The Labute approximate surface area is 585 Å². The number of ether oxygens (including phenoxy) is 8. The molecule has 4 aliphatic rings. The zero-order chi connectivity index (χ0) is 73.2. The summed E-state index contributed by atoms with van der Waals surface area (Å²) in [6.07, 6.45) is 1.77. The maximum Gasteiger partial charge on any atom is 0.414 e. The van der Waals surface area contributed by atoms with Crippen LogP contribution >= 0.6 is 0 Å². The monoisotopic (exact) mass is 1400 g/mol. The van der Waals surface area contributed by atoms with E-state index in [-0.39, 0.29) is 135 Å². The van der Waals surface area contributed by atoms with E-state index in [0.29, 0.717) is 54.7 Å². The van der Waals surface area contributed by atoms with Gasteiger partial charge in [-0.05, 0) is 98.9 Å². The van der Waals surface area contributed by atoms with E-state index in [1.54, 1.807) is 99.3 Å². The normalized spacial score (nSPS) is 16.5. The summed E-state index contributed by atoms with van der Waals surface area (Å²) in [7, 11) is 2.86. The lowest BCUT2D eigenvalue weighted by atomic mass is 10.0. The molecule has 0 aromatic heterocycles. The van der Waals surface area contributed by atoms with Gasteiger partial charge in [0.1, 0.15) is 50.6 Å². The Kier molecular flexibility index (Phi) is 26.3. The second-order valence-electron chi connectivity index (χ2n) is 25.3. The van der Waals surface area contributed by atoms with Crippen LogP contribution in [-0.2, 0) is 56.1 Å². The molecule has 0 bridgehead atoms. The lowest BCUT2D eigenvalue weighted by Crippen LogP contribution is -2.53. The molecule has 29 nitrogen and oxygen atoms in total. The molecule has 6 atom stereocenters. The number of carbonyl (C=O) groups excluding carboxylic acids is 11. The van der Waals surface area contributed by atoms with Crippen molar-refractivity contribution in [1.82, 2.24) is 31.1 Å². The Morgan fingerprint density at radius 1 is 0.515 bits per heavy atom. The molecule has 0 unspecified atom stereocenters. The van der Waals surface area contributed by atoms with E-state index in [2.05, 4.69) is 51.6 Å². The van der Waals surface area contributed by atoms with Crippen LogP contribution in [0.3, 0.4) is 0 Å². The molecule has 10 amide bonds. The van der Waals surface area contributed by atoms with E-state index in [9.17, 15) is 52.7 Å². The van der Waals surface area contributed by atoms with Gasteiger partial charge in [-0.3, -0.25) is 43.4 Å².